The van der Waals surface area contributed by atoms with E-state index < -0.39 is 10.0 Å². The molecule has 1 saturated heterocycles. The predicted molar refractivity (Wildman–Crippen MR) is 82.4 cm³/mol. The molecule has 0 radical (unpaired) electrons. The first-order chi connectivity index (χ1) is 9.14. The first-order valence-corrected chi connectivity index (χ1v) is 9.93. The molecule has 2 heterocycles. The van der Waals surface area contributed by atoms with Crippen molar-refractivity contribution in [1.29, 1.82) is 0 Å². The molecule has 108 valence electrons. The number of sulfonamides is 1. The van der Waals surface area contributed by atoms with Crippen molar-refractivity contribution >= 4 is 33.1 Å². The first kappa shape index (κ1) is 15.3. The number of thiophene rings is 1. The van der Waals surface area contributed by atoms with Gasteiger partial charge in [0.2, 0.25) is 0 Å². The molecule has 0 spiro atoms. The standard InChI is InChI=1S/C12H20N2O2S3/c1-2-13-10-11-4-5-12(18-11)19(15,16)14-6-3-8-17-9-7-14/h4-5,13H,2-3,6-10H2,1H3. The van der Waals surface area contributed by atoms with Gasteiger partial charge in [-0.25, -0.2) is 8.42 Å². The summed E-state index contributed by atoms with van der Waals surface area (Å²) >= 11 is 3.22. The summed E-state index contributed by atoms with van der Waals surface area (Å²) in [6.45, 7) is 4.96. The van der Waals surface area contributed by atoms with Gasteiger partial charge in [-0.1, -0.05) is 6.92 Å². The van der Waals surface area contributed by atoms with Crippen molar-refractivity contribution in [2.75, 3.05) is 31.1 Å². The van der Waals surface area contributed by atoms with Crippen molar-refractivity contribution < 1.29 is 8.42 Å². The van der Waals surface area contributed by atoms with Crippen LogP contribution in [0.1, 0.15) is 18.2 Å². The highest BCUT2D eigenvalue weighted by molar-refractivity contribution is 7.99. The number of nitrogens with one attached hydrogen (secondary N) is 1. The molecule has 1 aliphatic rings. The highest BCUT2D eigenvalue weighted by Gasteiger charge is 2.26. The van der Waals surface area contributed by atoms with Crippen LogP contribution < -0.4 is 5.32 Å². The number of rotatable bonds is 5. The summed E-state index contributed by atoms with van der Waals surface area (Å²) in [5, 5.41) is 3.22. The lowest BCUT2D eigenvalue weighted by molar-refractivity contribution is 0.436. The second-order valence-electron chi connectivity index (χ2n) is 4.37. The topological polar surface area (TPSA) is 49.4 Å². The van der Waals surface area contributed by atoms with Crippen molar-refractivity contribution in [2.45, 2.75) is 24.1 Å². The normalized spacial score (nSPS) is 18.4. The maximum Gasteiger partial charge on any atom is 0.252 e. The van der Waals surface area contributed by atoms with Crippen molar-refractivity contribution in [3.05, 3.63) is 17.0 Å². The Morgan fingerprint density at radius 3 is 2.95 bits per heavy atom. The first-order valence-electron chi connectivity index (χ1n) is 6.52. The lowest BCUT2D eigenvalue weighted by Crippen LogP contribution is -2.32. The lowest BCUT2D eigenvalue weighted by Gasteiger charge is -2.18. The predicted octanol–water partition coefficient (Wildman–Crippen LogP) is 1.99. The van der Waals surface area contributed by atoms with Gasteiger partial charge >= 0.3 is 0 Å². The second-order valence-corrected chi connectivity index (χ2v) is 8.93. The quantitative estimate of drug-likeness (QED) is 0.901. The van der Waals surface area contributed by atoms with Gasteiger partial charge in [0.25, 0.3) is 10.0 Å². The zero-order valence-electron chi connectivity index (χ0n) is 11.1. The molecule has 0 aliphatic carbocycles. The second kappa shape index (κ2) is 7.08. The van der Waals surface area contributed by atoms with Crippen LogP contribution in [-0.4, -0.2) is 43.9 Å². The van der Waals surface area contributed by atoms with Gasteiger partial charge in [-0.3, -0.25) is 0 Å². The number of thioether (sulfide) groups is 1. The molecule has 1 aromatic heterocycles. The molecule has 2 rings (SSSR count). The van der Waals surface area contributed by atoms with Gasteiger partial charge in [-0.05, 0) is 30.9 Å². The molecule has 1 aliphatic heterocycles. The molecule has 1 N–H and O–H groups in total. The van der Waals surface area contributed by atoms with Crippen LogP contribution in [0.25, 0.3) is 0 Å². The van der Waals surface area contributed by atoms with Gasteiger partial charge < -0.3 is 5.32 Å². The third-order valence-corrected chi connectivity index (χ3v) is 7.46. The molecular weight excluding hydrogens is 300 g/mol. The van der Waals surface area contributed by atoms with E-state index in [4.69, 9.17) is 0 Å². The molecule has 0 saturated carbocycles. The van der Waals surface area contributed by atoms with Crippen molar-refractivity contribution in [2.24, 2.45) is 0 Å². The van der Waals surface area contributed by atoms with Crippen LogP contribution in [0.2, 0.25) is 0 Å². The smallest absolute Gasteiger partial charge is 0.252 e. The van der Waals surface area contributed by atoms with E-state index in [9.17, 15) is 8.42 Å². The summed E-state index contributed by atoms with van der Waals surface area (Å²) in [5.74, 6) is 1.96. The largest absolute Gasteiger partial charge is 0.312 e. The molecule has 1 fully saturated rings. The van der Waals surface area contributed by atoms with E-state index in [0.717, 1.165) is 35.9 Å². The van der Waals surface area contributed by atoms with Gasteiger partial charge in [0.1, 0.15) is 4.21 Å². The maximum atomic E-state index is 12.5. The van der Waals surface area contributed by atoms with E-state index in [0.29, 0.717) is 17.3 Å². The molecule has 0 amide bonds. The minimum absolute atomic E-state index is 0.479. The van der Waals surface area contributed by atoms with E-state index >= 15 is 0 Å². The maximum absolute atomic E-state index is 12.5. The molecule has 19 heavy (non-hydrogen) atoms. The average molecular weight is 321 g/mol. The van der Waals surface area contributed by atoms with Crippen molar-refractivity contribution in [3.63, 3.8) is 0 Å². The molecule has 4 nitrogen and oxygen atoms in total. The van der Waals surface area contributed by atoms with Crippen LogP contribution >= 0.6 is 23.1 Å². The Bertz CT molecular complexity index is 491. The monoisotopic (exact) mass is 320 g/mol. The zero-order chi connectivity index (χ0) is 13.7. The number of hydrogen-bond donors (Lipinski definition) is 1. The van der Waals surface area contributed by atoms with E-state index in [1.165, 1.54) is 11.3 Å². The van der Waals surface area contributed by atoms with Crippen LogP contribution in [0.3, 0.4) is 0 Å². The summed E-state index contributed by atoms with van der Waals surface area (Å²) in [6, 6.07) is 3.65. The molecule has 0 bridgehead atoms. The summed E-state index contributed by atoms with van der Waals surface area (Å²) in [5.41, 5.74) is 0. The fraction of sp³-hybridized carbons (Fsp3) is 0.667. The molecule has 7 heteroatoms. The molecule has 0 unspecified atom stereocenters. The van der Waals surface area contributed by atoms with Gasteiger partial charge in [0, 0.05) is 30.3 Å². The van der Waals surface area contributed by atoms with Crippen LogP contribution in [0.4, 0.5) is 0 Å². The summed E-state index contributed by atoms with van der Waals surface area (Å²) < 4.78 is 27.2. The van der Waals surface area contributed by atoms with Gasteiger partial charge in [-0.15, -0.1) is 11.3 Å². The highest BCUT2D eigenvalue weighted by atomic mass is 32.2. The number of nitrogens with zero attached hydrogens (tertiary/aromatic N) is 1. The van der Waals surface area contributed by atoms with Crippen LogP contribution in [0, 0.1) is 0 Å². The third kappa shape index (κ3) is 3.95. The Hall–Kier alpha value is -0.0800. The van der Waals surface area contributed by atoms with Crippen LogP contribution in [-0.2, 0) is 16.6 Å². The summed E-state index contributed by atoms with van der Waals surface area (Å²) in [6.07, 6.45) is 0.944. The summed E-state index contributed by atoms with van der Waals surface area (Å²) in [4.78, 5) is 1.07. The average Bonchev–Trinajstić information content (AvgIpc) is 2.70. The fourth-order valence-corrected chi connectivity index (χ4v) is 5.89. The van der Waals surface area contributed by atoms with E-state index in [1.54, 1.807) is 10.4 Å². The summed E-state index contributed by atoms with van der Waals surface area (Å²) in [7, 11) is -3.28. The Balaban J connectivity index is 2.11. The van der Waals surface area contributed by atoms with Crippen LogP contribution in [0.15, 0.2) is 16.3 Å². The molecule has 0 aromatic carbocycles. The van der Waals surface area contributed by atoms with Crippen molar-refractivity contribution in [3.8, 4) is 0 Å². The highest BCUT2D eigenvalue weighted by Crippen LogP contribution is 2.26. The molecule has 1 aromatic rings. The Labute approximate surface area is 123 Å². The minimum atomic E-state index is -3.28. The molecular formula is C12H20N2O2S3. The van der Waals surface area contributed by atoms with Gasteiger partial charge in [0.15, 0.2) is 0 Å². The lowest BCUT2D eigenvalue weighted by atomic mass is 10.4. The third-order valence-electron chi connectivity index (χ3n) is 2.96. The Kier molecular flexibility index (Phi) is 5.70. The SMILES string of the molecule is CCNCc1ccc(S(=O)(=O)N2CCCSCC2)s1. The van der Waals surface area contributed by atoms with Crippen LogP contribution in [0.5, 0.6) is 0 Å². The Morgan fingerprint density at radius 1 is 1.32 bits per heavy atom. The van der Waals surface area contributed by atoms with Gasteiger partial charge in [0.05, 0.1) is 0 Å². The fourth-order valence-electron chi connectivity index (χ4n) is 1.93. The van der Waals surface area contributed by atoms with E-state index in [1.807, 2.05) is 24.8 Å². The zero-order valence-corrected chi connectivity index (χ0v) is 13.5. The Morgan fingerprint density at radius 2 is 2.16 bits per heavy atom. The molecule has 0 atom stereocenters. The van der Waals surface area contributed by atoms with Gasteiger partial charge in [-0.2, -0.15) is 16.1 Å². The van der Waals surface area contributed by atoms with Crippen molar-refractivity contribution in [1.82, 2.24) is 9.62 Å². The van der Waals surface area contributed by atoms with E-state index in [2.05, 4.69) is 5.32 Å². The van der Waals surface area contributed by atoms with E-state index in [-0.39, 0.29) is 0 Å². The minimum Gasteiger partial charge on any atom is -0.312 e. The number of hydrogen-bond acceptors (Lipinski definition) is 5.